The maximum atomic E-state index is 12.7. The summed E-state index contributed by atoms with van der Waals surface area (Å²) in [6.45, 7) is 7.31. The monoisotopic (exact) mass is 268 g/mol. The highest BCUT2D eigenvalue weighted by Gasteiger charge is 2.49. The average Bonchev–Trinajstić information content (AvgIpc) is 2.61. The zero-order chi connectivity index (χ0) is 14.9. The van der Waals surface area contributed by atoms with Gasteiger partial charge in [0.2, 0.25) is 0 Å². The summed E-state index contributed by atoms with van der Waals surface area (Å²) in [6, 6.07) is 9.72. The SMILES string of the molecule is C/C=C(\C)C1=C(C)C(=O)[C@](C)(Cc2ccccc2)C1=O. The van der Waals surface area contributed by atoms with Gasteiger partial charge < -0.3 is 0 Å². The molecule has 0 unspecified atom stereocenters. The molecule has 0 saturated heterocycles. The fourth-order valence-electron chi connectivity index (χ4n) is 2.86. The van der Waals surface area contributed by atoms with E-state index in [1.807, 2.05) is 50.3 Å². The van der Waals surface area contributed by atoms with Crippen molar-refractivity contribution in [3.05, 3.63) is 58.7 Å². The zero-order valence-electron chi connectivity index (χ0n) is 12.5. The molecule has 2 heteroatoms. The number of rotatable bonds is 3. The van der Waals surface area contributed by atoms with Crippen molar-refractivity contribution in [1.82, 2.24) is 0 Å². The minimum atomic E-state index is -0.953. The molecule has 0 fully saturated rings. The molecular weight excluding hydrogens is 248 g/mol. The van der Waals surface area contributed by atoms with Crippen LogP contribution in [0.3, 0.4) is 0 Å². The highest BCUT2D eigenvalue weighted by molar-refractivity contribution is 6.29. The third kappa shape index (κ3) is 2.15. The van der Waals surface area contributed by atoms with E-state index in [4.69, 9.17) is 0 Å². The van der Waals surface area contributed by atoms with Gasteiger partial charge in [-0.1, -0.05) is 36.4 Å². The molecule has 0 aromatic heterocycles. The van der Waals surface area contributed by atoms with Crippen LogP contribution in [0.2, 0.25) is 0 Å². The van der Waals surface area contributed by atoms with Crippen LogP contribution in [-0.2, 0) is 16.0 Å². The van der Waals surface area contributed by atoms with E-state index in [1.54, 1.807) is 13.8 Å². The first-order chi connectivity index (χ1) is 9.41. The molecule has 1 aliphatic carbocycles. The summed E-state index contributed by atoms with van der Waals surface area (Å²) in [5, 5.41) is 0. The number of hydrogen-bond donors (Lipinski definition) is 0. The summed E-state index contributed by atoms with van der Waals surface area (Å²) in [5.41, 5.74) is 2.16. The Hall–Kier alpha value is -1.96. The first-order valence-electron chi connectivity index (χ1n) is 6.89. The van der Waals surface area contributed by atoms with E-state index in [0.717, 1.165) is 11.1 Å². The van der Waals surface area contributed by atoms with Gasteiger partial charge in [-0.3, -0.25) is 9.59 Å². The van der Waals surface area contributed by atoms with Crippen molar-refractivity contribution in [2.75, 3.05) is 0 Å². The molecule has 20 heavy (non-hydrogen) atoms. The molecule has 2 rings (SSSR count). The molecule has 0 bridgehead atoms. The van der Waals surface area contributed by atoms with Crippen molar-refractivity contribution in [3.8, 4) is 0 Å². The van der Waals surface area contributed by atoms with Crippen molar-refractivity contribution in [2.45, 2.75) is 34.1 Å². The molecule has 0 aliphatic heterocycles. The van der Waals surface area contributed by atoms with Crippen LogP contribution >= 0.6 is 0 Å². The molecule has 1 atom stereocenters. The van der Waals surface area contributed by atoms with Gasteiger partial charge in [-0.2, -0.15) is 0 Å². The second-order valence-electron chi connectivity index (χ2n) is 5.62. The van der Waals surface area contributed by atoms with Gasteiger partial charge in [-0.25, -0.2) is 0 Å². The number of hydrogen-bond acceptors (Lipinski definition) is 2. The number of Topliss-reactive ketones (excluding diaryl/α,β-unsaturated/α-hetero) is 2. The van der Waals surface area contributed by atoms with Gasteiger partial charge in [0.05, 0.1) is 5.41 Å². The molecule has 1 aliphatic rings. The van der Waals surface area contributed by atoms with E-state index in [2.05, 4.69) is 0 Å². The maximum absolute atomic E-state index is 12.7. The molecule has 0 spiro atoms. The van der Waals surface area contributed by atoms with Crippen LogP contribution in [0.15, 0.2) is 53.1 Å². The average molecular weight is 268 g/mol. The van der Waals surface area contributed by atoms with Crippen molar-refractivity contribution in [2.24, 2.45) is 5.41 Å². The van der Waals surface area contributed by atoms with Crippen LogP contribution in [0.5, 0.6) is 0 Å². The van der Waals surface area contributed by atoms with Gasteiger partial charge in [-0.05, 0) is 45.3 Å². The van der Waals surface area contributed by atoms with Gasteiger partial charge in [0.25, 0.3) is 0 Å². The van der Waals surface area contributed by atoms with E-state index < -0.39 is 5.41 Å². The molecule has 0 heterocycles. The molecule has 2 nitrogen and oxygen atoms in total. The van der Waals surface area contributed by atoms with Crippen molar-refractivity contribution < 1.29 is 9.59 Å². The summed E-state index contributed by atoms with van der Waals surface area (Å²) < 4.78 is 0. The van der Waals surface area contributed by atoms with Crippen LogP contribution in [0.1, 0.15) is 33.3 Å². The van der Waals surface area contributed by atoms with Gasteiger partial charge >= 0.3 is 0 Å². The van der Waals surface area contributed by atoms with Gasteiger partial charge in [-0.15, -0.1) is 0 Å². The van der Waals surface area contributed by atoms with E-state index in [0.29, 0.717) is 17.6 Å². The predicted molar refractivity (Wildman–Crippen MR) is 80.4 cm³/mol. The number of ketones is 2. The number of allylic oxidation sites excluding steroid dienone is 4. The summed E-state index contributed by atoms with van der Waals surface area (Å²) in [4.78, 5) is 25.3. The highest BCUT2D eigenvalue weighted by Crippen LogP contribution is 2.40. The van der Waals surface area contributed by atoms with Crippen LogP contribution in [-0.4, -0.2) is 11.6 Å². The Balaban J connectivity index is 2.41. The highest BCUT2D eigenvalue weighted by atomic mass is 16.2. The van der Waals surface area contributed by atoms with Gasteiger partial charge in [0.15, 0.2) is 11.6 Å². The lowest BCUT2D eigenvalue weighted by Crippen LogP contribution is -2.34. The molecule has 0 N–H and O–H groups in total. The first kappa shape index (κ1) is 14.4. The number of carbonyl (C=O) groups excluding carboxylic acids is 2. The molecule has 1 aromatic carbocycles. The smallest absolute Gasteiger partial charge is 0.177 e. The standard InChI is InChI=1S/C18H20O2/c1-5-12(2)15-13(3)16(19)18(4,17(15)20)11-14-9-7-6-8-10-14/h5-10H,11H2,1-4H3/b12-5+/t18-/m0/s1. The van der Waals surface area contributed by atoms with Crippen LogP contribution in [0, 0.1) is 5.41 Å². The summed E-state index contributed by atoms with van der Waals surface area (Å²) in [7, 11) is 0. The zero-order valence-corrected chi connectivity index (χ0v) is 12.5. The maximum Gasteiger partial charge on any atom is 0.177 e. The first-order valence-corrected chi connectivity index (χ1v) is 6.89. The third-order valence-corrected chi connectivity index (χ3v) is 4.17. The lowest BCUT2D eigenvalue weighted by atomic mass is 9.78. The summed E-state index contributed by atoms with van der Waals surface area (Å²) >= 11 is 0. The van der Waals surface area contributed by atoms with Crippen molar-refractivity contribution >= 4 is 11.6 Å². The second kappa shape index (κ2) is 5.20. The third-order valence-electron chi connectivity index (χ3n) is 4.17. The minimum Gasteiger partial charge on any atom is -0.293 e. The van der Waals surface area contributed by atoms with Crippen molar-refractivity contribution in [1.29, 1.82) is 0 Å². The molecule has 0 radical (unpaired) electrons. The Morgan fingerprint density at radius 1 is 1.15 bits per heavy atom. The van der Waals surface area contributed by atoms with Crippen LogP contribution in [0.25, 0.3) is 0 Å². The summed E-state index contributed by atoms with van der Waals surface area (Å²) in [6.07, 6.45) is 2.35. The van der Waals surface area contributed by atoms with Gasteiger partial charge in [0.1, 0.15) is 0 Å². The predicted octanol–water partition coefficient (Wildman–Crippen LogP) is 3.67. The Morgan fingerprint density at radius 2 is 1.75 bits per heavy atom. The largest absolute Gasteiger partial charge is 0.293 e. The van der Waals surface area contributed by atoms with E-state index in [9.17, 15) is 9.59 Å². The number of benzene rings is 1. The van der Waals surface area contributed by atoms with Gasteiger partial charge in [0, 0.05) is 11.1 Å². The Labute approximate surface area is 120 Å². The molecule has 0 saturated carbocycles. The Kier molecular flexibility index (Phi) is 3.76. The minimum absolute atomic E-state index is 0.0393. The van der Waals surface area contributed by atoms with Crippen molar-refractivity contribution in [3.63, 3.8) is 0 Å². The number of carbonyl (C=O) groups is 2. The van der Waals surface area contributed by atoms with E-state index in [1.165, 1.54) is 0 Å². The Bertz CT molecular complexity index is 620. The normalized spacial score (nSPS) is 23.7. The van der Waals surface area contributed by atoms with Crippen LogP contribution < -0.4 is 0 Å². The summed E-state index contributed by atoms with van der Waals surface area (Å²) in [5.74, 6) is -0.0815. The Morgan fingerprint density at radius 3 is 2.30 bits per heavy atom. The van der Waals surface area contributed by atoms with E-state index in [-0.39, 0.29) is 11.6 Å². The lowest BCUT2D eigenvalue weighted by Gasteiger charge is -2.21. The molecule has 1 aromatic rings. The fraction of sp³-hybridized carbons (Fsp3) is 0.333. The second-order valence-corrected chi connectivity index (χ2v) is 5.62. The molecular formula is C18H20O2. The quantitative estimate of drug-likeness (QED) is 0.784. The molecule has 104 valence electrons. The lowest BCUT2D eigenvalue weighted by molar-refractivity contribution is -0.132. The topological polar surface area (TPSA) is 34.1 Å². The fourth-order valence-corrected chi connectivity index (χ4v) is 2.86. The van der Waals surface area contributed by atoms with E-state index >= 15 is 0 Å². The molecule has 0 amide bonds. The van der Waals surface area contributed by atoms with Crippen LogP contribution in [0.4, 0.5) is 0 Å².